The van der Waals surface area contributed by atoms with E-state index >= 15 is 0 Å². The Kier molecular flexibility index (Phi) is 4.09. The summed E-state index contributed by atoms with van der Waals surface area (Å²) in [5, 5.41) is 8.30. The number of halogens is 2. The molecule has 3 nitrogen and oxygen atoms in total. The van der Waals surface area contributed by atoms with E-state index in [1.165, 1.54) is 0 Å². The summed E-state index contributed by atoms with van der Waals surface area (Å²) in [6.45, 7) is 0.805. The summed E-state index contributed by atoms with van der Waals surface area (Å²) in [6.07, 6.45) is -0.0797. The van der Waals surface area contributed by atoms with Gasteiger partial charge < -0.3 is 10.8 Å². The third kappa shape index (κ3) is 6.03. The Morgan fingerprint density at radius 1 is 1.67 bits per heavy atom. The second-order valence-electron chi connectivity index (χ2n) is 2.91. The van der Waals surface area contributed by atoms with Gasteiger partial charge in [0.05, 0.1) is 0 Å². The van der Waals surface area contributed by atoms with Crippen LogP contribution < -0.4 is 5.73 Å². The summed E-state index contributed by atoms with van der Waals surface area (Å²) < 4.78 is 24.4. The molecule has 0 bridgehead atoms. The number of carboxylic acid groups (broad SMARTS) is 1. The number of rotatable bonds is 5. The summed E-state index contributed by atoms with van der Waals surface area (Å²) >= 11 is 0. The molecule has 5 heteroatoms. The van der Waals surface area contributed by atoms with Gasteiger partial charge in [-0.1, -0.05) is 0 Å². The van der Waals surface area contributed by atoms with Crippen LogP contribution in [0.25, 0.3) is 0 Å². The number of carboxylic acids is 1. The van der Waals surface area contributed by atoms with Crippen molar-refractivity contribution in [2.75, 3.05) is 0 Å². The molecular weight excluding hydrogens is 168 g/mol. The highest BCUT2D eigenvalue weighted by atomic mass is 19.3. The maximum Gasteiger partial charge on any atom is 0.320 e. The van der Waals surface area contributed by atoms with Crippen LogP contribution in [-0.4, -0.2) is 23.0 Å². The molecule has 0 fully saturated rings. The highest BCUT2D eigenvalue weighted by Crippen LogP contribution is 2.19. The van der Waals surface area contributed by atoms with Gasteiger partial charge in [0.25, 0.3) is 0 Å². The lowest BCUT2D eigenvalue weighted by Crippen LogP contribution is -2.30. The SMILES string of the molecule is CC(F)(F)CCCC(N)C(=O)O. The standard InChI is InChI=1S/C7H13F2NO2/c1-7(8,9)4-2-3-5(10)6(11)12/h5H,2-4,10H2,1H3,(H,11,12). The molecule has 0 radical (unpaired) electrons. The Morgan fingerprint density at radius 2 is 2.17 bits per heavy atom. The molecule has 0 aromatic rings. The lowest BCUT2D eigenvalue weighted by atomic mass is 10.1. The van der Waals surface area contributed by atoms with E-state index in [1.54, 1.807) is 0 Å². The first kappa shape index (κ1) is 11.3. The number of aliphatic carboxylic acids is 1. The molecule has 0 saturated carbocycles. The molecule has 0 heterocycles. The molecule has 0 aliphatic heterocycles. The first-order valence-electron chi connectivity index (χ1n) is 3.69. The van der Waals surface area contributed by atoms with Crippen LogP contribution in [-0.2, 0) is 4.79 Å². The lowest BCUT2D eigenvalue weighted by Gasteiger charge is -2.10. The van der Waals surface area contributed by atoms with E-state index in [1.807, 2.05) is 0 Å². The summed E-state index contributed by atoms with van der Waals surface area (Å²) in [5.74, 6) is -3.87. The smallest absolute Gasteiger partial charge is 0.320 e. The minimum absolute atomic E-state index is 0.0960. The molecule has 12 heavy (non-hydrogen) atoms. The Balaban J connectivity index is 3.51. The third-order valence-electron chi connectivity index (χ3n) is 1.45. The fourth-order valence-electron chi connectivity index (χ4n) is 0.756. The second kappa shape index (κ2) is 4.35. The predicted molar refractivity (Wildman–Crippen MR) is 40.1 cm³/mol. The van der Waals surface area contributed by atoms with E-state index in [0.29, 0.717) is 0 Å². The van der Waals surface area contributed by atoms with Crippen LogP contribution in [0.2, 0.25) is 0 Å². The summed E-state index contributed by atoms with van der Waals surface area (Å²) in [4.78, 5) is 10.1. The normalized spacial score (nSPS) is 14.3. The molecule has 0 aliphatic carbocycles. The van der Waals surface area contributed by atoms with Crippen molar-refractivity contribution >= 4 is 5.97 Å². The van der Waals surface area contributed by atoms with Crippen LogP contribution >= 0.6 is 0 Å². The van der Waals surface area contributed by atoms with E-state index in [9.17, 15) is 13.6 Å². The molecule has 0 saturated heterocycles. The minimum Gasteiger partial charge on any atom is -0.480 e. The minimum atomic E-state index is -2.72. The topological polar surface area (TPSA) is 63.3 Å². The average molecular weight is 181 g/mol. The highest BCUT2D eigenvalue weighted by molar-refractivity contribution is 5.72. The van der Waals surface area contributed by atoms with Gasteiger partial charge in [0, 0.05) is 6.42 Å². The molecule has 0 aliphatic rings. The van der Waals surface area contributed by atoms with Crippen LogP contribution in [0.15, 0.2) is 0 Å². The third-order valence-corrected chi connectivity index (χ3v) is 1.45. The maximum absolute atomic E-state index is 12.2. The van der Waals surface area contributed by atoms with Crippen LogP contribution in [0, 0.1) is 0 Å². The highest BCUT2D eigenvalue weighted by Gasteiger charge is 2.21. The maximum atomic E-state index is 12.2. The van der Waals surface area contributed by atoms with Gasteiger partial charge in [0.2, 0.25) is 5.92 Å². The van der Waals surface area contributed by atoms with Crippen molar-refractivity contribution in [2.24, 2.45) is 5.73 Å². The van der Waals surface area contributed by atoms with Gasteiger partial charge in [-0.05, 0) is 19.8 Å². The van der Waals surface area contributed by atoms with Gasteiger partial charge >= 0.3 is 5.97 Å². The van der Waals surface area contributed by atoms with E-state index in [4.69, 9.17) is 10.8 Å². The van der Waals surface area contributed by atoms with Gasteiger partial charge in [0.15, 0.2) is 0 Å². The van der Waals surface area contributed by atoms with Crippen molar-refractivity contribution in [2.45, 2.75) is 38.2 Å². The molecule has 72 valence electrons. The van der Waals surface area contributed by atoms with Gasteiger partial charge in [-0.2, -0.15) is 0 Å². The fraction of sp³-hybridized carbons (Fsp3) is 0.857. The van der Waals surface area contributed by atoms with Crippen molar-refractivity contribution in [1.29, 1.82) is 0 Å². The Hall–Kier alpha value is -0.710. The van der Waals surface area contributed by atoms with Crippen LogP contribution in [0.5, 0.6) is 0 Å². The number of nitrogens with two attached hydrogens (primary N) is 1. The molecule has 0 aromatic heterocycles. The lowest BCUT2D eigenvalue weighted by molar-refractivity contribution is -0.138. The van der Waals surface area contributed by atoms with E-state index in [2.05, 4.69) is 0 Å². The fourth-order valence-corrected chi connectivity index (χ4v) is 0.756. The Morgan fingerprint density at radius 3 is 2.50 bits per heavy atom. The predicted octanol–water partition coefficient (Wildman–Crippen LogP) is 1.22. The quantitative estimate of drug-likeness (QED) is 0.670. The van der Waals surface area contributed by atoms with Crippen molar-refractivity contribution < 1.29 is 18.7 Å². The monoisotopic (exact) mass is 181 g/mol. The van der Waals surface area contributed by atoms with Crippen molar-refractivity contribution in [3.8, 4) is 0 Å². The van der Waals surface area contributed by atoms with Gasteiger partial charge in [-0.3, -0.25) is 4.79 Å². The molecular formula is C7H13F2NO2. The van der Waals surface area contributed by atoms with Crippen molar-refractivity contribution in [3.05, 3.63) is 0 Å². The Labute approximate surface area is 69.6 Å². The molecule has 3 N–H and O–H groups in total. The second-order valence-corrected chi connectivity index (χ2v) is 2.91. The molecule has 0 spiro atoms. The summed E-state index contributed by atoms with van der Waals surface area (Å²) in [6, 6.07) is -1.02. The van der Waals surface area contributed by atoms with E-state index in [0.717, 1.165) is 6.92 Å². The number of hydrogen-bond acceptors (Lipinski definition) is 2. The Bertz CT molecular complexity index is 156. The van der Waals surface area contributed by atoms with Gasteiger partial charge in [0.1, 0.15) is 6.04 Å². The van der Waals surface area contributed by atoms with Gasteiger partial charge in [-0.25, -0.2) is 8.78 Å². The number of carbonyl (C=O) groups is 1. The molecule has 0 rings (SSSR count). The zero-order valence-electron chi connectivity index (χ0n) is 6.89. The van der Waals surface area contributed by atoms with E-state index in [-0.39, 0.29) is 19.3 Å². The van der Waals surface area contributed by atoms with Gasteiger partial charge in [-0.15, -0.1) is 0 Å². The first-order chi connectivity index (χ1) is 5.33. The summed E-state index contributed by atoms with van der Waals surface area (Å²) in [7, 11) is 0. The largest absolute Gasteiger partial charge is 0.480 e. The number of hydrogen-bond donors (Lipinski definition) is 2. The zero-order valence-corrected chi connectivity index (χ0v) is 6.89. The van der Waals surface area contributed by atoms with Crippen LogP contribution in [0.3, 0.4) is 0 Å². The first-order valence-corrected chi connectivity index (χ1v) is 3.69. The average Bonchev–Trinajstić information content (AvgIpc) is 1.84. The molecule has 0 aromatic carbocycles. The molecule has 1 unspecified atom stereocenters. The molecule has 1 atom stereocenters. The van der Waals surface area contributed by atoms with Crippen LogP contribution in [0.1, 0.15) is 26.2 Å². The molecule has 0 amide bonds. The van der Waals surface area contributed by atoms with Crippen molar-refractivity contribution in [1.82, 2.24) is 0 Å². The number of alkyl halides is 2. The van der Waals surface area contributed by atoms with E-state index < -0.39 is 17.9 Å². The van der Waals surface area contributed by atoms with Crippen LogP contribution in [0.4, 0.5) is 8.78 Å². The van der Waals surface area contributed by atoms with Crippen molar-refractivity contribution in [3.63, 3.8) is 0 Å². The summed E-state index contributed by atoms with van der Waals surface area (Å²) in [5.41, 5.74) is 5.10. The zero-order chi connectivity index (χ0) is 9.78.